The second kappa shape index (κ2) is 8.35. The lowest BCUT2D eigenvalue weighted by Gasteiger charge is -2.29. The topological polar surface area (TPSA) is 83.6 Å². The molecule has 7 heteroatoms. The molecule has 31 heavy (non-hydrogen) atoms. The van der Waals surface area contributed by atoms with Crippen LogP contribution in [0.5, 0.6) is 0 Å². The van der Waals surface area contributed by atoms with Crippen molar-refractivity contribution in [1.82, 2.24) is 4.90 Å². The summed E-state index contributed by atoms with van der Waals surface area (Å²) in [6.07, 6.45) is 0.716. The molecule has 0 fully saturated rings. The van der Waals surface area contributed by atoms with E-state index in [1.54, 1.807) is 29.2 Å². The fraction of sp³-hybridized carbons (Fsp3) is 0.167. The molecule has 4 rings (SSSR count). The van der Waals surface area contributed by atoms with Crippen LogP contribution in [0.2, 0.25) is 0 Å². The van der Waals surface area contributed by atoms with E-state index in [9.17, 15) is 18.0 Å². The Kier molecular flexibility index (Phi) is 5.61. The summed E-state index contributed by atoms with van der Waals surface area (Å²) in [6, 6.07) is 20.4. The summed E-state index contributed by atoms with van der Waals surface area (Å²) in [5.41, 5.74) is 3.55. The van der Waals surface area contributed by atoms with Gasteiger partial charge in [0.1, 0.15) is 0 Å². The van der Waals surface area contributed by atoms with Crippen molar-refractivity contribution in [2.24, 2.45) is 0 Å². The standard InChI is InChI=1S/C24H22N2O4S/c1-17(27)18-8-11-23(12-9-18)31(29,30)25-22-10-7-19-13-14-26(16-21(19)15-22)24(28)20-5-3-2-4-6-20/h2-12,15,25H,13-14,16H2,1H3. The molecule has 0 radical (unpaired) electrons. The number of ketones is 1. The summed E-state index contributed by atoms with van der Waals surface area (Å²) in [6.45, 7) is 2.47. The number of nitrogens with one attached hydrogen (secondary N) is 1. The predicted octanol–water partition coefficient (Wildman–Crippen LogP) is 3.89. The third kappa shape index (κ3) is 4.51. The van der Waals surface area contributed by atoms with Crippen LogP contribution in [-0.2, 0) is 23.0 Å². The molecule has 0 saturated carbocycles. The third-order valence-electron chi connectivity index (χ3n) is 5.35. The van der Waals surface area contributed by atoms with E-state index in [2.05, 4.69) is 4.72 Å². The van der Waals surface area contributed by atoms with Gasteiger partial charge >= 0.3 is 0 Å². The number of rotatable bonds is 5. The highest BCUT2D eigenvalue weighted by atomic mass is 32.2. The molecular formula is C24H22N2O4S. The maximum atomic E-state index is 12.8. The van der Waals surface area contributed by atoms with Crippen LogP contribution >= 0.6 is 0 Å². The van der Waals surface area contributed by atoms with Gasteiger partial charge in [-0.2, -0.15) is 0 Å². The smallest absolute Gasteiger partial charge is 0.261 e. The van der Waals surface area contributed by atoms with Gasteiger partial charge in [-0.25, -0.2) is 8.42 Å². The summed E-state index contributed by atoms with van der Waals surface area (Å²) in [5.74, 6) is -0.163. The lowest BCUT2D eigenvalue weighted by molar-refractivity contribution is 0.0734. The lowest BCUT2D eigenvalue weighted by Crippen LogP contribution is -2.36. The van der Waals surface area contributed by atoms with Crippen molar-refractivity contribution in [2.45, 2.75) is 24.8 Å². The van der Waals surface area contributed by atoms with Crippen LogP contribution in [0.15, 0.2) is 77.7 Å². The second-order valence-electron chi connectivity index (χ2n) is 7.51. The van der Waals surface area contributed by atoms with E-state index in [0.29, 0.717) is 36.3 Å². The summed E-state index contributed by atoms with van der Waals surface area (Å²) in [4.78, 5) is 26.0. The predicted molar refractivity (Wildman–Crippen MR) is 119 cm³/mol. The molecule has 1 heterocycles. The Morgan fingerprint density at radius 2 is 1.58 bits per heavy atom. The molecule has 0 atom stereocenters. The minimum atomic E-state index is -3.80. The van der Waals surface area contributed by atoms with E-state index >= 15 is 0 Å². The van der Waals surface area contributed by atoms with Gasteiger partial charge in [0.2, 0.25) is 0 Å². The molecule has 3 aromatic rings. The fourth-order valence-electron chi connectivity index (χ4n) is 3.64. The number of Topliss-reactive ketones (excluding diaryl/α,β-unsaturated/α-hetero) is 1. The number of carbonyl (C=O) groups is 2. The van der Waals surface area contributed by atoms with E-state index in [-0.39, 0.29) is 16.6 Å². The van der Waals surface area contributed by atoms with Crippen LogP contribution in [0.25, 0.3) is 0 Å². The Hall–Kier alpha value is -3.45. The molecule has 0 saturated heterocycles. The molecular weight excluding hydrogens is 412 g/mol. The molecule has 0 aromatic heterocycles. The summed E-state index contributed by atoms with van der Waals surface area (Å²) < 4.78 is 28.1. The molecule has 6 nitrogen and oxygen atoms in total. The molecule has 0 spiro atoms. The second-order valence-corrected chi connectivity index (χ2v) is 9.19. The molecule has 1 amide bonds. The summed E-state index contributed by atoms with van der Waals surface area (Å²) in [7, 11) is -3.80. The Morgan fingerprint density at radius 3 is 2.26 bits per heavy atom. The van der Waals surface area contributed by atoms with Gasteiger partial charge in [0, 0.05) is 29.9 Å². The highest BCUT2D eigenvalue weighted by Gasteiger charge is 2.23. The van der Waals surface area contributed by atoms with E-state index in [0.717, 1.165) is 11.1 Å². The first-order chi connectivity index (χ1) is 14.8. The van der Waals surface area contributed by atoms with E-state index in [1.807, 2.05) is 24.3 Å². The summed E-state index contributed by atoms with van der Waals surface area (Å²) >= 11 is 0. The van der Waals surface area contributed by atoms with Crippen LogP contribution < -0.4 is 4.72 Å². The molecule has 1 aliphatic heterocycles. The average Bonchev–Trinajstić information content (AvgIpc) is 2.78. The van der Waals surface area contributed by atoms with E-state index < -0.39 is 10.0 Å². The minimum absolute atomic E-state index is 0.0391. The minimum Gasteiger partial charge on any atom is -0.334 e. The van der Waals surface area contributed by atoms with Gasteiger partial charge in [0.05, 0.1) is 4.90 Å². The van der Waals surface area contributed by atoms with Crippen LogP contribution in [-0.4, -0.2) is 31.6 Å². The molecule has 0 aliphatic carbocycles. The first kappa shape index (κ1) is 20.8. The molecule has 158 valence electrons. The zero-order valence-corrected chi connectivity index (χ0v) is 17.9. The van der Waals surface area contributed by atoms with E-state index in [1.165, 1.54) is 31.2 Å². The number of nitrogens with zero attached hydrogens (tertiary/aromatic N) is 1. The van der Waals surface area contributed by atoms with Gasteiger partial charge in [0.25, 0.3) is 15.9 Å². The van der Waals surface area contributed by atoms with Gasteiger partial charge in [-0.1, -0.05) is 36.4 Å². The first-order valence-electron chi connectivity index (χ1n) is 9.93. The number of fused-ring (bicyclic) bond motifs is 1. The van der Waals surface area contributed by atoms with Crippen molar-refractivity contribution in [1.29, 1.82) is 0 Å². The molecule has 0 bridgehead atoms. The van der Waals surface area contributed by atoms with Crippen molar-refractivity contribution in [3.05, 3.63) is 95.1 Å². The van der Waals surface area contributed by atoms with Crippen molar-refractivity contribution < 1.29 is 18.0 Å². The van der Waals surface area contributed by atoms with E-state index in [4.69, 9.17) is 0 Å². The Balaban J connectivity index is 1.53. The monoisotopic (exact) mass is 434 g/mol. The summed E-state index contributed by atoms with van der Waals surface area (Å²) in [5, 5.41) is 0. The molecule has 1 aliphatic rings. The van der Waals surface area contributed by atoms with Gasteiger partial charge < -0.3 is 4.90 Å². The van der Waals surface area contributed by atoms with Gasteiger partial charge in [-0.3, -0.25) is 14.3 Å². The van der Waals surface area contributed by atoms with Crippen LogP contribution in [0.3, 0.4) is 0 Å². The van der Waals surface area contributed by atoms with Gasteiger partial charge in [0.15, 0.2) is 5.78 Å². The fourth-order valence-corrected chi connectivity index (χ4v) is 4.69. The van der Waals surface area contributed by atoms with Crippen molar-refractivity contribution >= 4 is 27.4 Å². The molecule has 0 unspecified atom stereocenters. The van der Waals surface area contributed by atoms with Crippen molar-refractivity contribution in [2.75, 3.05) is 11.3 Å². The van der Waals surface area contributed by atoms with Crippen LogP contribution in [0, 0.1) is 0 Å². The molecule has 1 N–H and O–H groups in total. The normalized spacial score (nSPS) is 13.4. The largest absolute Gasteiger partial charge is 0.334 e. The number of anilines is 1. The SMILES string of the molecule is CC(=O)c1ccc(S(=O)(=O)Nc2ccc3c(c2)CN(C(=O)c2ccccc2)CC3)cc1. The first-order valence-corrected chi connectivity index (χ1v) is 11.4. The number of hydrogen-bond donors (Lipinski definition) is 1. The Labute approximate surface area is 181 Å². The van der Waals surface area contributed by atoms with Crippen LogP contribution in [0.1, 0.15) is 38.8 Å². The third-order valence-corrected chi connectivity index (χ3v) is 6.75. The van der Waals surface area contributed by atoms with Crippen molar-refractivity contribution in [3.63, 3.8) is 0 Å². The average molecular weight is 435 g/mol. The molecule has 3 aromatic carbocycles. The zero-order valence-electron chi connectivity index (χ0n) is 17.0. The highest BCUT2D eigenvalue weighted by Crippen LogP contribution is 2.25. The number of carbonyl (C=O) groups excluding carboxylic acids is 2. The lowest BCUT2D eigenvalue weighted by atomic mass is 9.98. The highest BCUT2D eigenvalue weighted by molar-refractivity contribution is 7.92. The zero-order chi connectivity index (χ0) is 22.0. The quantitative estimate of drug-likeness (QED) is 0.618. The number of amides is 1. The maximum absolute atomic E-state index is 12.8. The Bertz CT molecular complexity index is 1240. The van der Waals surface area contributed by atoms with Crippen LogP contribution in [0.4, 0.5) is 5.69 Å². The van der Waals surface area contributed by atoms with Gasteiger partial charge in [-0.15, -0.1) is 0 Å². The van der Waals surface area contributed by atoms with Crippen molar-refractivity contribution in [3.8, 4) is 0 Å². The maximum Gasteiger partial charge on any atom is 0.261 e. The number of sulfonamides is 1. The Morgan fingerprint density at radius 1 is 0.871 bits per heavy atom. The van der Waals surface area contributed by atoms with Gasteiger partial charge in [-0.05, 0) is 60.9 Å². The number of hydrogen-bond acceptors (Lipinski definition) is 4. The number of benzene rings is 3.